The fraction of sp³-hybridized carbons (Fsp3) is 0.348. The highest BCUT2D eigenvalue weighted by Gasteiger charge is 2.26. The highest BCUT2D eigenvalue weighted by Crippen LogP contribution is 2.24. The Kier molecular flexibility index (Phi) is 7.08. The first-order valence-electron chi connectivity index (χ1n) is 11.0. The van der Waals surface area contributed by atoms with E-state index in [0.717, 1.165) is 31.7 Å². The third-order valence-corrected chi connectivity index (χ3v) is 6.83. The molecule has 0 spiro atoms. The van der Waals surface area contributed by atoms with Crippen LogP contribution in [0, 0.1) is 6.92 Å². The lowest BCUT2D eigenvalue weighted by Crippen LogP contribution is -2.49. The van der Waals surface area contributed by atoms with Crippen LogP contribution in [0.2, 0.25) is 0 Å². The van der Waals surface area contributed by atoms with Gasteiger partial charge < -0.3 is 9.84 Å². The Morgan fingerprint density at radius 2 is 1.74 bits per heavy atom. The van der Waals surface area contributed by atoms with Crippen molar-refractivity contribution in [2.75, 3.05) is 38.0 Å². The maximum absolute atomic E-state index is 12.4. The predicted molar refractivity (Wildman–Crippen MR) is 127 cm³/mol. The molecule has 11 heteroatoms. The number of aryl methyl sites for hydroxylation is 1. The van der Waals surface area contributed by atoms with Crippen LogP contribution >= 0.6 is 0 Å². The molecule has 2 aromatic carbocycles. The first-order chi connectivity index (χ1) is 16.2. The van der Waals surface area contributed by atoms with Crippen LogP contribution in [0.1, 0.15) is 24.4 Å². The van der Waals surface area contributed by atoms with Gasteiger partial charge in [0.15, 0.2) is 0 Å². The Labute approximate surface area is 198 Å². The summed E-state index contributed by atoms with van der Waals surface area (Å²) in [6.45, 7) is 7.30. The Balaban J connectivity index is 1.27. The topological polar surface area (TPSA) is 135 Å². The number of hydrogen-bond acceptors (Lipinski definition) is 8. The van der Waals surface area contributed by atoms with Crippen LogP contribution in [0.3, 0.4) is 0 Å². The summed E-state index contributed by atoms with van der Waals surface area (Å²) in [5.74, 6) is 0.989. The molecule has 1 atom stereocenters. The second kappa shape index (κ2) is 10.0. The highest BCUT2D eigenvalue weighted by molar-refractivity contribution is 7.89. The molecule has 1 fully saturated rings. The molecule has 34 heavy (non-hydrogen) atoms. The minimum Gasteiger partial charge on any atom is -0.337 e. The Bertz CT molecular complexity index is 1230. The van der Waals surface area contributed by atoms with Gasteiger partial charge in [-0.25, -0.2) is 13.6 Å². The second-order valence-electron chi connectivity index (χ2n) is 8.43. The van der Waals surface area contributed by atoms with Crippen molar-refractivity contribution in [3.8, 4) is 11.4 Å². The molecule has 1 amide bonds. The van der Waals surface area contributed by atoms with Gasteiger partial charge in [-0.2, -0.15) is 4.98 Å². The van der Waals surface area contributed by atoms with E-state index in [1.165, 1.54) is 29.8 Å². The van der Waals surface area contributed by atoms with E-state index in [-0.39, 0.29) is 23.4 Å². The molecule has 1 aliphatic rings. The molecule has 3 N–H and O–H groups in total. The van der Waals surface area contributed by atoms with Gasteiger partial charge in [-0.05, 0) is 38.1 Å². The van der Waals surface area contributed by atoms with Crippen LogP contribution < -0.4 is 10.5 Å². The highest BCUT2D eigenvalue weighted by atomic mass is 32.2. The molecule has 0 radical (unpaired) electrons. The number of anilines is 1. The van der Waals surface area contributed by atoms with Crippen molar-refractivity contribution < 1.29 is 17.7 Å². The van der Waals surface area contributed by atoms with E-state index in [2.05, 4.69) is 25.3 Å². The number of piperazine rings is 1. The summed E-state index contributed by atoms with van der Waals surface area (Å²) in [5, 5.41) is 12.0. The number of carbonyl (C=O) groups excluding carboxylic acids is 1. The van der Waals surface area contributed by atoms with E-state index in [9.17, 15) is 13.2 Å². The maximum atomic E-state index is 12.4. The molecule has 2 heterocycles. The van der Waals surface area contributed by atoms with Gasteiger partial charge in [-0.3, -0.25) is 14.6 Å². The minimum atomic E-state index is -3.76. The number of amides is 1. The molecule has 1 unspecified atom stereocenters. The molecule has 0 aliphatic carbocycles. The number of rotatable bonds is 7. The molecule has 1 saturated heterocycles. The lowest BCUT2D eigenvalue weighted by Gasteiger charge is -2.36. The number of nitrogens with zero attached hydrogens (tertiary/aromatic N) is 4. The zero-order valence-corrected chi connectivity index (χ0v) is 20.0. The van der Waals surface area contributed by atoms with E-state index >= 15 is 0 Å². The van der Waals surface area contributed by atoms with Crippen LogP contribution in [0.4, 0.5) is 5.69 Å². The molecule has 1 aromatic heterocycles. The van der Waals surface area contributed by atoms with Crippen molar-refractivity contribution in [2.45, 2.75) is 24.8 Å². The summed E-state index contributed by atoms with van der Waals surface area (Å²) in [7, 11) is -3.76. The summed E-state index contributed by atoms with van der Waals surface area (Å²) < 4.78 is 28.2. The maximum Gasteiger partial charge on any atom is 0.244 e. The molecular weight excluding hydrogens is 456 g/mol. The summed E-state index contributed by atoms with van der Waals surface area (Å²) >= 11 is 0. The van der Waals surface area contributed by atoms with Gasteiger partial charge in [-0.1, -0.05) is 35.0 Å². The lowest BCUT2D eigenvalue weighted by atomic mass is 10.1. The van der Waals surface area contributed by atoms with E-state index in [1.807, 2.05) is 38.1 Å². The van der Waals surface area contributed by atoms with Crippen molar-refractivity contribution in [2.24, 2.45) is 5.14 Å². The van der Waals surface area contributed by atoms with Crippen LogP contribution in [-0.4, -0.2) is 67.0 Å². The lowest BCUT2D eigenvalue weighted by molar-refractivity contribution is -0.117. The van der Waals surface area contributed by atoms with Crippen LogP contribution in [0.25, 0.3) is 11.4 Å². The second-order valence-corrected chi connectivity index (χ2v) is 9.99. The van der Waals surface area contributed by atoms with E-state index in [4.69, 9.17) is 9.66 Å². The average Bonchev–Trinajstić information content (AvgIpc) is 3.29. The summed E-state index contributed by atoms with van der Waals surface area (Å²) in [6.07, 6.45) is 0. The minimum absolute atomic E-state index is 0.00275. The molecule has 180 valence electrons. The number of sulfonamides is 1. The van der Waals surface area contributed by atoms with Gasteiger partial charge >= 0.3 is 0 Å². The fourth-order valence-corrected chi connectivity index (χ4v) is 4.34. The smallest absolute Gasteiger partial charge is 0.244 e. The fourth-order valence-electron chi connectivity index (χ4n) is 3.82. The number of carbonyl (C=O) groups is 1. The monoisotopic (exact) mass is 484 g/mol. The Morgan fingerprint density at radius 3 is 2.35 bits per heavy atom. The molecule has 0 bridgehead atoms. The normalized spacial score (nSPS) is 16.3. The first-order valence-corrected chi connectivity index (χ1v) is 12.5. The quantitative estimate of drug-likeness (QED) is 0.520. The van der Waals surface area contributed by atoms with Gasteiger partial charge in [0, 0.05) is 37.4 Å². The van der Waals surface area contributed by atoms with Crippen LogP contribution in [-0.2, 0) is 14.8 Å². The van der Waals surface area contributed by atoms with Gasteiger partial charge in [0.2, 0.25) is 27.6 Å². The molecule has 3 aromatic rings. The summed E-state index contributed by atoms with van der Waals surface area (Å²) in [4.78, 5) is 21.3. The third kappa shape index (κ3) is 5.86. The van der Waals surface area contributed by atoms with Crippen molar-refractivity contribution in [1.82, 2.24) is 19.9 Å². The molecule has 10 nitrogen and oxygen atoms in total. The molecular formula is C23H28N6O4S. The molecule has 1 aliphatic heterocycles. The largest absolute Gasteiger partial charge is 0.337 e. The number of primary sulfonamides is 1. The van der Waals surface area contributed by atoms with E-state index in [1.54, 1.807) is 0 Å². The SMILES string of the molecule is Cc1ccc(-c2noc(C(C)N3CCN(CC(=O)Nc4ccc(S(N)(=O)=O)cc4)CC3)n2)cc1. The number of nitrogens with one attached hydrogen (secondary N) is 1. The Morgan fingerprint density at radius 1 is 1.09 bits per heavy atom. The number of hydrogen-bond donors (Lipinski definition) is 2. The van der Waals surface area contributed by atoms with Crippen LogP contribution in [0.15, 0.2) is 57.9 Å². The zero-order valence-electron chi connectivity index (χ0n) is 19.1. The number of benzene rings is 2. The van der Waals surface area contributed by atoms with Crippen LogP contribution in [0.5, 0.6) is 0 Å². The Hall–Kier alpha value is -3.12. The third-order valence-electron chi connectivity index (χ3n) is 5.90. The zero-order chi connectivity index (χ0) is 24.3. The summed E-state index contributed by atoms with van der Waals surface area (Å²) in [5.41, 5.74) is 2.61. The standard InChI is InChI=1S/C23H28N6O4S/c1-16-3-5-18(6-4-16)22-26-23(33-27-22)17(2)29-13-11-28(12-14-29)15-21(30)25-19-7-9-20(10-8-19)34(24,31)32/h3-10,17H,11-15H2,1-2H3,(H,25,30)(H2,24,31,32). The van der Waals surface area contributed by atoms with Crippen molar-refractivity contribution in [3.63, 3.8) is 0 Å². The summed E-state index contributed by atoms with van der Waals surface area (Å²) in [6, 6.07) is 13.7. The van der Waals surface area contributed by atoms with Gasteiger partial charge in [-0.15, -0.1) is 0 Å². The van der Waals surface area contributed by atoms with Gasteiger partial charge in [0.25, 0.3) is 0 Å². The molecule has 4 rings (SSSR count). The number of nitrogens with two attached hydrogens (primary N) is 1. The van der Waals surface area contributed by atoms with Crippen molar-refractivity contribution >= 4 is 21.6 Å². The van der Waals surface area contributed by atoms with E-state index < -0.39 is 10.0 Å². The van der Waals surface area contributed by atoms with E-state index in [0.29, 0.717) is 17.4 Å². The molecule has 0 saturated carbocycles. The average molecular weight is 485 g/mol. The van der Waals surface area contributed by atoms with Gasteiger partial charge in [0.1, 0.15) is 0 Å². The number of aromatic nitrogens is 2. The van der Waals surface area contributed by atoms with Crippen molar-refractivity contribution in [3.05, 3.63) is 60.0 Å². The predicted octanol–water partition coefficient (Wildman–Crippen LogP) is 2.01. The van der Waals surface area contributed by atoms with Gasteiger partial charge in [0.05, 0.1) is 17.5 Å². The first kappa shape index (κ1) is 24.0. The van der Waals surface area contributed by atoms with Crippen molar-refractivity contribution in [1.29, 1.82) is 0 Å².